The smallest absolute Gasteiger partial charge is 0.274 e. The Kier molecular flexibility index (Phi) is 3.05. The van der Waals surface area contributed by atoms with Crippen molar-refractivity contribution in [3.63, 3.8) is 0 Å². The van der Waals surface area contributed by atoms with E-state index >= 15 is 0 Å². The maximum Gasteiger partial charge on any atom is 0.274 e. The van der Waals surface area contributed by atoms with Gasteiger partial charge in [-0.1, -0.05) is 30.3 Å². The van der Waals surface area contributed by atoms with Gasteiger partial charge < -0.3 is 10.4 Å². The topological polar surface area (TPSA) is 62.2 Å². The molecule has 2 N–H and O–H groups in total. The monoisotopic (exact) mass is 264 g/mol. The van der Waals surface area contributed by atoms with Gasteiger partial charge in [0, 0.05) is 17.1 Å². The predicted molar refractivity (Wildman–Crippen MR) is 77.8 cm³/mol. The molecule has 0 saturated carbocycles. The molecule has 0 spiro atoms. The number of hydrogen-bond acceptors (Lipinski definition) is 3. The minimum atomic E-state index is -0.350. The van der Waals surface area contributed by atoms with Crippen LogP contribution in [0, 0.1) is 0 Å². The molecule has 4 nitrogen and oxygen atoms in total. The van der Waals surface area contributed by atoms with Gasteiger partial charge in [0.05, 0.1) is 5.52 Å². The van der Waals surface area contributed by atoms with Crippen LogP contribution in [0.25, 0.3) is 10.9 Å². The lowest BCUT2D eigenvalue weighted by Gasteiger charge is -2.06. The van der Waals surface area contributed by atoms with Crippen LogP contribution in [0.5, 0.6) is 5.75 Å². The molecule has 0 saturated heterocycles. The second-order valence-electron chi connectivity index (χ2n) is 4.36. The molecular weight excluding hydrogens is 252 g/mol. The highest BCUT2D eigenvalue weighted by Crippen LogP contribution is 2.24. The minimum Gasteiger partial charge on any atom is -0.507 e. The number of pyridine rings is 1. The Labute approximate surface area is 115 Å². The highest BCUT2D eigenvalue weighted by Gasteiger charge is 2.11. The maximum atomic E-state index is 12.1. The van der Waals surface area contributed by atoms with Gasteiger partial charge in [0.25, 0.3) is 5.91 Å². The molecule has 3 rings (SSSR count). The molecule has 0 fully saturated rings. The maximum absolute atomic E-state index is 12.1. The minimum absolute atomic E-state index is 0.0498. The summed E-state index contributed by atoms with van der Waals surface area (Å²) in [5.41, 5.74) is 1.46. The number of nitrogens with zero attached hydrogens (tertiary/aromatic N) is 1. The molecule has 0 aliphatic heterocycles. The molecule has 0 aliphatic carbocycles. The van der Waals surface area contributed by atoms with Crippen LogP contribution >= 0.6 is 0 Å². The molecule has 0 atom stereocenters. The van der Waals surface area contributed by atoms with Crippen LogP contribution < -0.4 is 5.32 Å². The van der Waals surface area contributed by atoms with Crippen molar-refractivity contribution in [2.24, 2.45) is 0 Å². The van der Waals surface area contributed by atoms with Crippen LogP contribution in [-0.4, -0.2) is 16.0 Å². The fourth-order valence-corrected chi connectivity index (χ4v) is 1.99. The van der Waals surface area contributed by atoms with Crippen molar-refractivity contribution in [3.8, 4) is 5.75 Å². The van der Waals surface area contributed by atoms with Crippen LogP contribution in [0.2, 0.25) is 0 Å². The van der Waals surface area contributed by atoms with Crippen LogP contribution in [0.15, 0.2) is 60.7 Å². The predicted octanol–water partition coefficient (Wildman–Crippen LogP) is 3.19. The van der Waals surface area contributed by atoms with Crippen LogP contribution in [0.1, 0.15) is 10.5 Å². The molecule has 4 heteroatoms. The van der Waals surface area contributed by atoms with Gasteiger partial charge in [-0.25, -0.2) is 4.98 Å². The van der Waals surface area contributed by atoms with Crippen molar-refractivity contribution < 1.29 is 9.90 Å². The van der Waals surface area contributed by atoms with Gasteiger partial charge in [0.2, 0.25) is 0 Å². The third kappa shape index (κ3) is 2.31. The second kappa shape index (κ2) is 5.01. The Hall–Kier alpha value is -2.88. The lowest BCUT2D eigenvalue weighted by Crippen LogP contribution is -2.13. The lowest BCUT2D eigenvalue weighted by atomic mass is 10.2. The zero-order chi connectivity index (χ0) is 13.9. The summed E-state index contributed by atoms with van der Waals surface area (Å²) in [6.45, 7) is 0. The highest BCUT2D eigenvalue weighted by molar-refractivity contribution is 6.04. The van der Waals surface area contributed by atoms with Gasteiger partial charge >= 0.3 is 0 Å². The van der Waals surface area contributed by atoms with E-state index < -0.39 is 0 Å². The number of amides is 1. The number of fused-ring (bicyclic) bond motifs is 1. The Bertz CT molecular complexity index is 770. The standard InChI is InChI=1S/C16H12N2O2/c19-15-10-14(18-13-9-5-4-8-12(13)15)16(20)17-11-6-2-1-3-7-11/h1-10H,(H,17,20)(H,18,19). The Balaban J connectivity index is 1.96. The van der Waals surface area contributed by atoms with Crippen LogP contribution in [0.4, 0.5) is 5.69 Å². The third-order valence-corrected chi connectivity index (χ3v) is 2.96. The molecule has 1 heterocycles. The van der Waals surface area contributed by atoms with E-state index in [9.17, 15) is 9.90 Å². The SMILES string of the molecule is O=C(Nc1ccccc1)c1cc(O)c2ccccc2n1. The largest absolute Gasteiger partial charge is 0.507 e. The van der Waals surface area contributed by atoms with Crippen LogP contribution in [0.3, 0.4) is 0 Å². The van der Waals surface area contributed by atoms with E-state index in [1.807, 2.05) is 30.3 Å². The molecule has 0 bridgehead atoms. The summed E-state index contributed by atoms with van der Waals surface area (Å²) >= 11 is 0. The van der Waals surface area contributed by atoms with Gasteiger partial charge in [-0.05, 0) is 24.3 Å². The summed E-state index contributed by atoms with van der Waals surface area (Å²) in [7, 11) is 0. The molecule has 0 unspecified atom stereocenters. The molecule has 1 aromatic heterocycles. The first-order chi connectivity index (χ1) is 9.74. The molecule has 2 aromatic carbocycles. The second-order valence-corrected chi connectivity index (χ2v) is 4.36. The van der Waals surface area contributed by atoms with E-state index in [0.717, 1.165) is 0 Å². The van der Waals surface area contributed by atoms with Gasteiger partial charge in [0.15, 0.2) is 0 Å². The van der Waals surface area contributed by atoms with Gasteiger partial charge in [-0.3, -0.25) is 4.79 Å². The Morgan fingerprint density at radius 1 is 1.00 bits per heavy atom. The van der Waals surface area contributed by atoms with Crippen molar-refractivity contribution in [1.82, 2.24) is 4.98 Å². The quantitative estimate of drug-likeness (QED) is 0.747. The van der Waals surface area contributed by atoms with Gasteiger partial charge in [-0.2, -0.15) is 0 Å². The van der Waals surface area contributed by atoms with E-state index in [1.165, 1.54) is 6.07 Å². The van der Waals surface area contributed by atoms with E-state index in [2.05, 4.69) is 10.3 Å². The van der Waals surface area contributed by atoms with Gasteiger partial charge in [-0.15, -0.1) is 0 Å². The molecule has 3 aromatic rings. The van der Waals surface area contributed by atoms with E-state index in [4.69, 9.17) is 0 Å². The third-order valence-electron chi connectivity index (χ3n) is 2.96. The van der Waals surface area contributed by atoms with Crippen molar-refractivity contribution >= 4 is 22.5 Å². The number of anilines is 1. The van der Waals surface area contributed by atoms with E-state index in [-0.39, 0.29) is 17.4 Å². The van der Waals surface area contributed by atoms with Crippen LogP contribution in [-0.2, 0) is 0 Å². The summed E-state index contributed by atoms with van der Waals surface area (Å²) in [4.78, 5) is 16.4. The Morgan fingerprint density at radius 2 is 1.70 bits per heavy atom. The number of carbonyl (C=O) groups is 1. The zero-order valence-corrected chi connectivity index (χ0v) is 10.6. The molecular formula is C16H12N2O2. The lowest BCUT2D eigenvalue weighted by molar-refractivity contribution is 0.102. The number of aromatic nitrogens is 1. The van der Waals surface area contributed by atoms with Crippen molar-refractivity contribution in [2.45, 2.75) is 0 Å². The van der Waals surface area contributed by atoms with Crippen molar-refractivity contribution in [3.05, 3.63) is 66.4 Å². The molecule has 1 amide bonds. The number of hydrogen-bond donors (Lipinski definition) is 2. The van der Waals surface area contributed by atoms with Gasteiger partial charge in [0.1, 0.15) is 11.4 Å². The number of para-hydroxylation sites is 2. The number of aromatic hydroxyl groups is 1. The fourth-order valence-electron chi connectivity index (χ4n) is 1.99. The normalized spacial score (nSPS) is 10.4. The molecule has 0 aliphatic rings. The first-order valence-electron chi connectivity index (χ1n) is 6.19. The summed E-state index contributed by atoms with van der Waals surface area (Å²) in [5.74, 6) is -0.300. The first-order valence-corrected chi connectivity index (χ1v) is 6.19. The van der Waals surface area contributed by atoms with E-state index in [0.29, 0.717) is 16.6 Å². The first kappa shape index (κ1) is 12.2. The van der Waals surface area contributed by atoms with Crippen molar-refractivity contribution in [1.29, 1.82) is 0 Å². The summed E-state index contributed by atoms with van der Waals surface area (Å²) < 4.78 is 0. The number of rotatable bonds is 2. The molecule has 20 heavy (non-hydrogen) atoms. The molecule has 98 valence electrons. The Morgan fingerprint density at radius 3 is 2.50 bits per heavy atom. The number of nitrogens with one attached hydrogen (secondary N) is 1. The summed E-state index contributed by atoms with van der Waals surface area (Å²) in [6.07, 6.45) is 0. The summed E-state index contributed by atoms with van der Waals surface area (Å²) in [6, 6.07) is 17.6. The highest BCUT2D eigenvalue weighted by atomic mass is 16.3. The summed E-state index contributed by atoms with van der Waals surface area (Å²) in [5, 5.41) is 13.3. The number of carbonyl (C=O) groups excluding carboxylic acids is 1. The average molecular weight is 264 g/mol. The van der Waals surface area contributed by atoms with E-state index in [1.54, 1.807) is 24.3 Å². The van der Waals surface area contributed by atoms with Crippen molar-refractivity contribution in [2.75, 3.05) is 5.32 Å². The number of benzene rings is 2. The zero-order valence-electron chi connectivity index (χ0n) is 10.6. The molecule has 0 radical (unpaired) electrons. The fraction of sp³-hybridized carbons (Fsp3) is 0. The average Bonchev–Trinajstić information content (AvgIpc) is 2.48.